The number of Topliss-reactive ketones (excluding diaryl/α,β-unsaturated/α-hetero) is 4. The van der Waals surface area contributed by atoms with E-state index in [1.807, 2.05) is 32.6 Å². The number of benzene rings is 1. The average Bonchev–Trinajstić information content (AvgIpc) is 2.97. The lowest BCUT2D eigenvalue weighted by Gasteiger charge is -2.52. The number of phenols is 1. The van der Waals surface area contributed by atoms with Gasteiger partial charge in [-0.2, -0.15) is 0 Å². The average molecular weight is 704 g/mol. The third-order valence-corrected chi connectivity index (χ3v) is 11.0. The fourth-order valence-corrected chi connectivity index (χ4v) is 9.04. The number of hydrogen-bond donors (Lipinski definition) is 4. The number of amides is 2. The Morgan fingerprint density at radius 2 is 1.76 bits per heavy atom. The van der Waals surface area contributed by atoms with Crippen LogP contribution in [0.1, 0.15) is 50.0 Å². The molecular formula is C34H46ClN5O9. The molecule has 5 rings (SSSR count). The van der Waals surface area contributed by atoms with Crippen molar-refractivity contribution in [2.45, 2.75) is 64.3 Å². The Hall–Kier alpha value is -3.43. The fraction of sp³-hybridized carbons (Fsp3) is 0.647. The van der Waals surface area contributed by atoms with Crippen LogP contribution in [-0.2, 0) is 35.1 Å². The number of aromatic hydroxyl groups is 1. The smallest absolute Gasteiger partial charge is 0.242 e. The minimum atomic E-state index is -2.85. The second kappa shape index (κ2) is 12.7. The number of likely N-dealkylation sites (N-methyl/N-ethyl adjacent to an activating group) is 1. The number of nitrogens with one attached hydrogen (secondary N) is 1. The van der Waals surface area contributed by atoms with Crippen LogP contribution in [0.4, 0.5) is 11.4 Å². The summed E-state index contributed by atoms with van der Waals surface area (Å²) in [6, 6.07) is -1.98. The van der Waals surface area contributed by atoms with Crippen molar-refractivity contribution in [2.75, 3.05) is 58.2 Å². The number of fused-ring (bicyclic) bond motifs is 3. The Bertz CT molecular complexity index is 1640. The lowest BCUT2D eigenvalue weighted by Crippen LogP contribution is -2.74. The van der Waals surface area contributed by atoms with Crippen LogP contribution in [0.15, 0.2) is 0 Å². The van der Waals surface area contributed by atoms with E-state index in [2.05, 4.69) is 5.32 Å². The van der Waals surface area contributed by atoms with Gasteiger partial charge in [-0.05, 0) is 50.8 Å². The van der Waals surface area contributed by atoms with E-state index >= 15 is 0 Å². The molecule has 0 spiro atoms. The summed E-state index contributed by atoms with van der Waals surface area (Å²) in [5.41, 5.74) is 2.19. The fourth-order valence-electron chi connectivity index (χ4n) is 8.62. The van der Waals surface area contributed by atoms with E-state index in [1.165, 1.54) is 19.0 Å². The number of halogens is 1. The van der Waals surface area contributed by atoms with E-state index in [0.717, 1.165) is 0 Å². The van der Waals surface area contributed by atoms with Crippen LogP contribution >= 0.6 is 11.6 Å². The highest BCUT2D eigenvalue weighted by Gasteiger charge is 2.69. The van der Waals surface area contributed by atoms with Crippen molar-refractivity contribution in [3.05, 3.63) is 16.1 Å². The Kier molecular flexibility index (Phi) is 9.56. The molecule has 4 aliphatic rings. The van der Waals surface area contributed by atoms with Crippen molar-refractivity contribution >= 4 is 57.9 Å². The van der Waals surface area contributed by atoms with Gasteiger partial charge in [-0.15, -0.1) is 0 Å². The number of anilines is 2. The van der Waals surface area contributed by atoms with Crippen molar-refractivity contribution in [2.24, 2.45) is 34.8 Å². The van der Waals surface area contributed by atoms with Crippen LogP contribution < -0.4 is 16.0 Å². The van der Waals surface area contributed by atoms with Crippen molar-refractivity contribution in [3.63, 3.8) is 0 Å². The lowest BCUT2D eigenvalue weighted by atomic mass is 9.52. The maximum atomic E-state index is 14.4. The molecule has 2 saturated carbocycles. The zero-order chi connectivity index (χ0) is 36.7. The van der Waals surface area contributed by atoms with Gasteiger partial charge in [0, 0.05) is 32.6 Å². The molecule has 3 fully saturated rings. The number of rotatable bonds is 6. The van der Waals surface area contributed by atoms with E-state index in [-0.39, 0.29) is 35.2 Å². The predicted molar refractivity (Wildman–Crippen MR) is 180 cm³/mol. The molecular weight excluding hydrogens is 658 g/mol. The molecule has 1 saturated heterocycles. The molecule has 268 valence electrons. The predicted octanol–water partition coefficient (Wildman–Crippen LogP) is 0.660. The first kappa shape index (κ1) is 36.8. The standard InChI is InChI=1S/C34H46ClN5O9/c1-14-13-49-10-9-40(14)28(33(2,3)4)32(47)37-22-21(35)23(38(5)6)16-11-15-12-17-24(39(7)8)27(43)20(31(36)46)30(45)34(17,48)29(44)18(15)25(41)19(16)26(22)42/h14-15,17-18,20,24,28,42,48H,9-13H2,1-8H3,(H2,36,46)(H,37,47)/t14?,15?,17?,18?,20?,24-,28?,34-/m0/s1. The van der Waals surface area contributed by atoms with E-state index < -0.39 is 87.5 Å². The lowest BCUT2D eigenvalue weighted by molar-refractivity contribution is -0.181. The van der Waals surface area contributed by atoms with Gasteiger partial charge in [0.25, 0.3) is 0 Å². The Morgan fingerprint density at radius 1 is 1.12 bits per heavy atom. The molecule has 0 radical (unpaired) electrons. The second-order valence-electron chi connectivity index (χ2n) is 15.3. The van der Waals surface area contributed by atoms with E-state index in [4.69, 9.17) is 22.1 Å². The molecule has 14 nitrogen and oxygen atoms in total. The minimum Gasteiger partial charge on any atom is -0.505 e. The largest absolute Gasteiger partial charge is 0.505 e. The summed E-state index contributed by atoms with van der Waals surface area (Å²) in [6.45, 7) is 9.06. The number of aliphatic hydroxyl groups is 1. The Morgan fingerprint density at radius 3 is 2.29 bits per heavy atom. The molecule has 2 amide bonds. The maximum Gasteiger partial charge on any atom is 0.242 e. The quantitative estimate of drug-likeness (QED) is 0.239. The molecule has 1 aromatic carbocycles. The zero-order valence-electron chi connectivity index (χ0n) is 29.1. The van der Waals surface area contributed by atoms with Crippen LogP contribution in [0.5, 0.6) is 5.75 Å². The van der Waals surface area contributed by atoms with Gasteiger partial charge in [-0.25, -0.2) is 0 Å². The van der Waals surface area contributed by atoms with Crippen molar-refractivity contribution < 1.29 is 43.7 Å². The molecule has 8 atom stereocenters. The van der Waals surface area contributed by atoms with E-state index in [0.29, 0.717) is 31.0 Å². The summed E-state index contributed by atoms with van der Waals surface area (Å²) in [5.74, 6) is -12.3. The third-order valence-electron chi connectivity index (χ3n) is 10.7. The first-order valence-electron chi connectivity index (χ1n) is 16.4. The first-order chi connectivity index (χ1) is 22.7. The summed E-state index contributed by atoms with van der Waals surface area (Å²) in [7, 11) is 6.42. The van der Waals surface area contributed by atoms with Crippen molar-refractivity contribution in [1.29, 1.82) is 0 Å². The molecule has 5 N–H and O–H groups in total. The molecule has 0 bridgehead atoms. The van der Waals surface area contributed by atoms with Gasteiger partial charge in [0.1, 0.15) is 5.69 Å². The first-order valence-corrected chi connectivity index (χ1v) is 16.8. The van der Waals surface area contributed by atoms with Crippen molar-refractivity contribution in [1.82, 2.24) is 9.80 Å². The third kappa shape index (κ3) is 5.65. The Labute approximate surface area is 290 Å². The topological polar surface area (TPSA) is 200 Å². The minimum absolute atomic E-state index is 0.0133. The van der Waals surface area contributed by atoms with Gasteiger partial charge in [-0.1, -0.05) is 32.4 Å². The van der Waals surface area contributed by atoms with Crippen LogP contribution in [0, 0.1) is 29.1 Å². The number of carbonyl (C=O) groups is 6. The summed E-state index contributed by atoms with van der Waals surface area (Å²) in [4.78, 5) is 87.2. The van der Waals surface area contributed by atoms with Gasteiger partial charge < -0.3 is 30.9 Å². The van der Waals surface area contributed by atoms with Gasteiger partial charge in [0.15, 0.2) is 40.4 Å². The summed E-state index contributed by atoms with van der Waals surface area (Å²) in [5, 5.41) is 26.4. The van der Waals surface area contributed by atoms with Crippen LogP contribution in [0.3, 0.4) is 0 Å². The highest BCUT2D eigenvalue weighted by Crippen LogP contribution is 2.55. The SMILES string of the molecule is CC1COCCN1C(C(=O)Nc1c(O)c2c(c(N(C)C)c1Cl)CC1CC3[C@H](N(C)C)C(=O)C(C(N)=O)C(=O)[C@@]3(O)C(=O)C1C2=O)C(C)(C)C. The summed E-state index contributed by atoms with van der Waals surface area (Å²) in [6.07, 6.45) is -0.0740. The number of nitrogens with two attached hydrogens (primary N) is 1. The molecule has 3 aliphatic carbocycles. The number of morpholine rings is 1. The maximum absolute atomic E-state index is 14.4. The van der Waals surface area contributed by atoms with Crippen LogP contribution in [0.25, 0.3) is 0 Å². The molecule has 49 heavy (non-hydrogen) atoms. The monoisotopic (exact) mass is 703 g/mol. The number of nitrogens with zero attached hydrogens (tertiary/aromatic N) is 3. The van der Waals surface area contributed by atoms with Gasteiger partial charge in [-0.3, -0.25) is 38.6 Å². The van der Waals surface area contributed by atoms with E-state index in [1.54, 1.807) is 19.0 Å². The summed E-state index contributed by atoms with van der Waals surface area (Å²) < 4.78 is 5.58. The van der Waals surface area contributed by atoms with E-state index in [9.17, 15) is 39.0 Å². The molecule has 1 aromatic rings. The van der Waals surface area contributed by atoms with Gasteiger partial charge >= 0.3 is 0 Å². The molecule has 15 heteroatoms. The molecule has 1 aliphatic heterocycles. The number of carbonyl (C=O) groups excluding carboxylic acids is 6. The Balaban J connectivity index is 1.62. The summed E-state index contributed by atoms with van der Waals surface area (Å²) >= 11 is 6.95. The highest BCUT2D eigenvalue weighted by molar-refractivity contribution is 6.38. The molecule has 6 unspecified atom stereocenters. The number of hydrogen-bond acceptors (Lipinski definition) is 12. The number of primary amides is 1. The number of phenolic OH excluding ortho intramolecular Hbond substituents is 1. The molecule has 0 aromatic heterocycles. The highest BCUT2D eigenvalue weighted by atomic mass is 35.5. The van der Waals surface area contributed by atoms with Crippen LogP contribution in [-0.4, -0.2) is 127 Å². The van der Waals surface area contributed by atoms with Gasteiger partial charge in [0.05, 0.1) is 47.5 Å². The van der Waals surface area contributed by atoms with Crippen molar-refractivity contribution in [3.8, 4) is 5.75 Å². The number of ether oxygens (including phenoxy) is 1. The van der Waals surface area contributed by atoms with Gasteiger partial charge in [0.2, 0.25) is 11.8 Å². The second-order valence-corrected chi connectivity index (χ2v) is 15.7. The van der Waals surface area contributed by atoms with Crippen LogP contribution in [0.2, 0.25) is 5.02 Å². The molecule has 1 heterocycles. The zero-order valence-corrected chi connectivity index (χ0v) is 29.9. The number of ketones is 4. The normalized spacial score (nSPS) is 31.2.